The highest BCUT2D eigenvalue weighted by Crippen LogP contribution is 2.26. The SMILES string of the molecule is O=C(Cn1ncc(=O)c2ccccc21)Nc1cccc(CSC2CCOCC2)c1. The number of benzene rings is 2. The Morgan fingerprint density at radius 1 is 1.17 bits per heavy atom. The number of para-hydroxylation sites is 1. The van der Waals surface area contributed by atoms with Crippen LogP contribution < -0.4 is 10.7 Å². The van der Waals surface area contributed by atoms with Gasteiger partial charge in [0, 0.05) is 35.3 Å². The third-order valence-electron chi connectivity index (χ3n) is 4.92. The van der Waals surface area contributed by atoms with Gasteiger partial charge in [-0.3, -0.25) is 14.3 Å². The molecule has 29 heavy (non-hydrogen) atoms. The Labute approximate surface area is 173 Å². The molecule has 2 heterocycles. The Balaban J connectivity index is 1.40. The Kier molecular flexibility index (Phi) is 6.27. The highest BCUT2D eigenvalue weighted by atomic mass is 32.2. The van der Waals surface area contributed by atoms with Crippen LogP contribution in [0.3, 0.4) is 0 Å². The summed E-state index contributed by atoms with van der Waals surface area (Å²) in [4.78, 5) is 24.5. The van der Waals surface area contributed by atoms with Gasteiger partial charge in [0.2, 0.25) is 11.3 Å². The van der Waals surface area contributed by atoms with E-state index in [0.29, 0.717) is 16.2 Å². The lowest BCUT2D eigenvalue weighted by molar-refractivity contribution is -0.116. The van der Waals surface area contributed by atoms with Crippen molar-refractivity contribution < 1.29 is 9.53 Å². The summed E-state index contributed by atoms with van der Waals surface area (Å²) in [6.45, 7) is 1.74. The number of ether oxygens (including phenoxy) is 1. The number of hydrogen-bond acceptors (Lipinski definition) is 5. The van der Waals surface area contributed by atoms with Crippen LogP contribution in [-0.2, 0) is 21.8 Å². The van der Waals surface area contributed by atoms with E-state index in [1.807, 2.05) is 36.0 Å². The summed E-state index contributed by atoms with van der Waals surface area (Å²) in [6.07, 6.45) is 3.45. The van der Waals surface area contributed by atoms with Gasteiger partial charge in [0.1, 0.15) is 6.54 Å². The van der Waals surface area contributed by atoms with Crippen LogP contribution in [0.2, 0.25) is 0 Å². The smallest absolute Gasteiger partial charge is 0.246 e. The molecule has 0 unspecified atom stereocenters. The molecule has 0 atom stereocenters. The molecule has 0 spiro atoms. The third-order valence-corrected chi connectivity index (χ3v) is 6.36. The molecule has 1 fully saturated rings. The summed E-state index contributed by atoms with van der Waals surface area (Å²) in [6, 6.07) is 15.1. The molecule has 1 aromatic heterocycles. The average Bonchev–Trinajstić information content (AvgIpc) is 2.75. The van der Waals surface area contributed by atoms with E-state index in [0.717, 1.165) is 37.5 Å². The van der Waals surface area contributed by atoms with Crippen LogP contribution in [0.25, 0.3) is 10.9 Å². The first-order valence-corrected chi connectivity index (χ1v) is 10.8. The van der Waals surface area contributed by atoms with Crippen molar-refractivity contribution in [1.29, 1.82) is 0 Å². The van der Waals surface area contributed by atoms with Gasteiger partial charge in [0.25, 0.3) is 0 Å². The predicted molar refractivity (Wildman–Crippen MR) is 116 cm³/mol. The second-order valence-corrected chi connectivity index (χ2v) is 8.34. The van der Waals surface area contributed by atoms with Gasteiger partial charge in [0.15, 0.2) is 0 Å². The summed E-state index contributed by atoms with van der Waals surface area (Å²) < 4.78 is 6.96. The molecule has 1 N–H and O–H groups in total. The molecular weight excluding hydrogens is 386 g/mol. The van der Waals surface area contributed by atoms with E-state index in [1.165, 1.54) is 11.8 Å². The molecule has 1 aliphatic rings. The first-order chi connectivity index (χ1) is 14.2. The maximum absolute atomic E-state index is 12.6. The second kappa shape index (κ2) is 9.24. The molecule has 0 saturated carbocycles. The number of carbonyl (C=O) groups excluding carboxylic acids is 1. The maximum atomic E-state index is 12.6. The van der Waals surface area contributed by atoms with E-state index in [1.54, 1.807) is 22.9 Å². The summed E-state index contributed by atoms with van der Waals surface area (Å²) in [5.74, 6) is 0.737. The molecular formula is C22H23N3O3S. The van der Waals surface area contributed by atoms with Crippen LogP contribution in [-0.4, -0.2) is 34.2 Å². The second-order valence-electron chi connectivity index (χ2n) is 7.05. The van der Waals surface area contributed by atoms with Crippen LogP contribution in [0, 0.1) is 0 Å². The summed E-state index contributed by atoms with van der Waals surface area (Å²) in [7, 11) is 0. The predicted octanol–water partition coefficient (Wildman–Crippen LogP) is 3.45. The molecule has 1 saturated heterocycles. The zero-order valence-electron chi connectivity index (χ0n) is 16.0. The van der Waals surface area contributed by atoms with Gasteiger partial charge in [-0.15, -0.1) is 0 Å². The van der Waals surface area contributed by atoms with Crippen molar-refractivity contribution in [1.82, 2.24) is 9.78 Å². The fourth-order valence-corrected chi connectivity index (χ4v) is 4.55. The molecule has 1 amide bonds. The molecule has 3 aromatic rings. The molecule has 7 heteroatoms. The molecule has 0 radical (unpaired) electrons. The maximum Gasteiger partial charge on any atom is 0.246 e. The minimum absolute atomic E-state index is 0.0435. The van der Waals surface area contributed by atoms with Crippen molar-refractivity contribution >= 4 is 34.3 Å². The minimum Gasteiger partial charge on any atom is -0.381 e. The molecule has 0 aliphatic carbocycles. The fourth-order valence-electron chi connectivity index (χ4n) is 3.42. The van der Waals surface area contributed by atoms with E-state index in [2.05, 4.69) is 16.5 Å². The van der Waals surface area contributed by atoms with Crippen LogP contribution in [0.4, 0.5) is 5.69 Å². The standard InChI is InChI=1S/C22H23N3O3S/c26-21-13-23-25(20-7-2-1-6-19(20)21)14-22(27)24-17-5-3-4-16(12-17)15-29-18-8-10-28-11-9-18/h1-7,12-13,18H,8-11,14-15H2,(H,24,27). The highest BCUT2D eigenvalue weighted by Gasteiger charge is 2.14. The average molecular weight is 410 g/mol. The lowest BCUT2D eigenvalue weighted by atomic mass is 10.2. The summed E-state index contributed by atoms with van der Waals surface area (Å²) in [5.41, 5.74) is 2.46. The van der Waals surface area contributed by atoms with Gasteiger partial charge in [-0.25, -0.2) is 0 Å². The normalized spacial score (nSPS) is 14.8. The van der Waals surface area contributed by atoms with Crippen LogP contribution in [0.5, 0.6) is 0 Å². The van der Waals surface area contributed by atoms with Gasteiger partial charge < -0.3 is 10.1 Å². The van der Waals surface area contributed by atoms with Crippen molar-refractivity contribution in [3.63, 3.8) is 0 Å². The van der Waals surface area contributed by atoms with Gasteiger partial charge in [0.05, 0.1) is 11.7 Å². The van der Waals surface area contributed by atoms with Gasteiger partial charge >= 0.3 is 0 Å². The number of anilines is 1. The monoisotopic (exact) mass is 409 g/mol. The Bertz CT molecular complexity index is 1060. The van der Waals surface area contributed by atoms with Gasteiger partial charge in [-0.2, -0.15) is 16.9 Å². The first-order valence-electron chi connectivity index (χ1n) is 9.72. The minimum atomic E-state index is -0.180. The van der Waals surface area contributed by atoms with E-state index >= 15 is 0 Å². The van der Waals surface area contributed by atoms with E-state index < -0.39 is 0 Å². The number of fused-ring (bicyclic) bond motifs is 1. The summed E-state index contributed by atoms with van der Waals surface area (Å²) >= 11 is 1.95. The van der Waals surface area contributed by atoms with Gasteiger partial charge in [-0.1, -0.05) is 24.3 Å². The van der Waals surface area contributed by atoms with Crippen LogP contribution in [0.15, 0.2) is 59.5 Å². The summed E-state index contributed by atoms with van der Waals surface area (Å²) in [5, 5.41) is 8.26. The Morgan fingerprint density at radius 2 is 2.00 bits per heavy atom. The van der Waals surface area contributed by atoms with E-state index in [9.17, 15) is 9.59 Å². The zero-order valence-corrected chi connectivity index (χ0v) is 16.9. The van der Waals surface area contributed by atoms with Crippen molar-refractivity contribution in [3.05, 3.63) is 70.5 Å². The Morgan fingerprint density at radius 3 is 2.86 bits per heavy atom. The Hall–Kier alpha value is -2.64. The molecule has 6 nitrogen and oxygen atoms in total. The quantitative estimate of drug-likeness (QED) is 0.675. The number of aromatic nitrogens is 2. The first kappa shape index (κ1) is 19.7. The van der Waals surface area contributed by atoms with Crippen molar-refractivity contribution in [2.45, 2.75) is 30.4 Å². The molecule has 4 rings (SSSR count). The number of rotatable bonds is 6. The van der Waals surface area contributed by atoms with Gasteiger partial charge in [-0.05, 0) is 42.7 Å². The van der Waals surface area contributed by atoms with Crippen molar-refractivity contribution in [2.75, 3.05) is 18.5 Å². The fraction of sp³-hybridized carbons (Fsp3) is 0.318. The molecule has 150 valence electrons. The van der Waals surface area contributed by atoms with Crippen LogP contribution in [0.1, 0.15) is 18.4 Å². The third kappa shape index (κ3) is 5.05. The number of amides is 1. The number of nitrogens with zero attached hydrogens (tertiary/aromatic N) is 2. The number of nitrogens with one attached hydrogen (secondary N) is 1. The molecule has 2 aromatic carbocycles. The number of thioether (sulfide) groups is 1. The number of hydrogen-bond donors (Lipinski definition) is 1. The molecule has 0 bridgehead atoms. The van der Waals surface area contributed by atoms with Crippen LogP contribution >= 0.6 is 11.8 Å². The number of carbonyl (C=O) groups is 1. The topological polar surface area (TPSA) is 73.2 Å². The van der Waals surface area contributed by atoms with E-state index in [-0.39, 0.29) is 17.9 Å². The highest BCUT2D eigenvalue weighted by molar-refractivity contribution is 7.99. The lowest BCUT2D eigenvalue weighted by Crippen LogP contribution is -2.22. The van der Waals surface area contributed by atoms with Crippen molar-refractivity contribution in [2.24, 2.45) is 0 Å². The van der Waals surface area contributed by atoms with E-state index in [4.69, 9.17) is 4.74 Å². The lowest BCUT2D eigenvalue weighted by Gasteiger charge is -2.21. The molecule has 1 aliphatic heterocycles. The van der Waals surface area contributed by atoms with Crippen molar-refractivity contribution in [3.8, 4) is 0 Å². The largest absolute Gasteiger partial charge is 0.381 e. The zero-order chi connectivity index (χ0) is 20.1.